The third-order valence-corrected chi connectivity index (χ3v) is 6.77. The van der Waals surface area contributed by atoms with E-state index in [-0.39, 0.29) is 40.3 Å². The Morgan fingerprint density at radius 1 is 1.15 bits per heavy atom. The summed E-state index contributed by atoms with van der Waals surface area (Å²) in [5.41, 5.74) is 0.589. The number of nitrogens with one attached hydrogen (secondary N) is 1. The quantitative estimate of drug-likeness (QED) is 0.316. The summed E-state index contributed by atoms with van der Waals surface area (Å²) >= 11 is 2.25. The van der Waals surface area contributed by atoms with Crippen molar-refractivity contribution in [2.75, 3.05) is 55.5 Å². The molecular weight excluding hydrogens is 468 g/mol. The van der Waals surface area contributed by atoms with Crippen LogP contribution in [0.4, 0.5) is 10.8 Å². The first-order valence-corrected chi connectivity index (χ1v) is 12.3. The van der Waals surface area contributed by atoms with Crippen molar-refractivity contribution in [3.63, 3.8) is 0 Å². The number of ether oxygens (including phenoxy) is 3. The van der Waals surface area contributed by atoms with Gasteiger partial charge in [0.15, 0.2) is 0 Å². The highest BCUT2D eigenvalue weighted by atomic mass is 32.2. The molecular formula is C21H26N4O6S2. The van der Waals surface area contributed by atoms with Crippen molar-refractivity contribution >= 4 is 51.8 Å². The fourth-order valence-corrected chi connectivity index (χ4v) is 4.88. The highest BCUT2D eigenvalue weighted by molar-refractivity contribution is 7.99. The van der Waals surface area contributed by atoms with Crippen LogP contribution < -0.4 is 10.2 Å². The van der Waals surface area contributed by atoms with Crippen LogP contribution in [0.2, 0.25) is 0 Å². The van der Waals surface area contributed by atoms with Gasteiger partial charge in [0.05, 0.1) is 37.7 Å². The van der Waals surface area contributed by atoms with Crippen LogP contribution in [0.1, 0.15) is 39.4 Å². The fraction of sp³-hybridized carbons (Fsp3) is 0.476. The molecule has 1 N–H and O–H groups in total. The lowest BCUT2D eigenvalue weighted by Crippen LogP contribution is -2.36. The zero-order valence-corrected chi connectivity index (χ0v) is 20.3. The number of hydrogen-bond donors (Lipinski definition) is 1. The predicted octanol–water partition coefficient (Wildman–Crippen LogP) is 2.77. The molecule has 0 saturated carbocycles. The molecule has 1 amide bonds. The Kier molecular flexibility index (Phi) is 9.03. The molecule has 0 atom stereocenters. The lowest BCUT2D eigenvalue weighted by Gasteiger charge is -2.27. The molecule has 2 aromatic heterocycles. The maximum Gasteiger partial charge on any atom is 0.348 e. The minimum atomic E-state index is -0.601. The summed E-state index contributed by atoms with van der Waals surface area (Å²) in [6.45, 7) is 8.18. The van der Waals surface area contributed by atoms with Crippen LogP contribution in [-0.4, -0.2) is 73.1 Å². The minimum Gasteiger partial charge on any atom is -0.462 e. The predicted molar refractivity (Wildman–Crippen MR) is 125 cm³/mol. The van der Waals surface area contributed by atoms with E-state index in [2.05, 4.69) is 20.2 Å². The Balaban J connectivity index is 1.70. The second-order valence-electron chi connectivity index (χ2n) is 6.85. The normalized spacial score (nSPS) is 13.5. The molecule has 0 unspecified atom stereocenters. The first kappa shape index (κ1) is 24.9. The average Bonchev–Trinajstić information content (AvgIpc) is 3.14. The number of esters is 2. The standard InChI is InChI=1S/C21H26N4O6S2/c1-4-30-20(27)17-13(3)18(21(28)31-5-2)33-19(17)24-15(26)11-32-16-10-14(22-12-23-16)25-6-8-29-9-7-25/h10,12H,4-9,11H2,1-3H3,(H,24,26). The van der Waals surface area contributed by atoms with Crippen LogP contribution in [0.25, 0.3) is 0 Å². The molecule has 1 aliphatic rings. The third kappa shape index (κ3) is 6.42. The van der Waals surface area contributed by atoms with Crippen molar-refractivity contribution in [1.82, 2.24) is 9.97 Å². The smallest absolute Gasteiger partial charge is 0.348 e. The molecule has 12 heteroatoms. The molecule has 0 aliphatic carbocycles. The van der Waals surface area contributed by atoms with Gasteiger partial charge in [0.25, 0.3) is 0 Å². The van der Waals surface area contributed by atoms with E-state index in [0.29, 0.717) is 23.8 Å². The van der Waals surface area contributed by atoms with Crippen LogP contribution in [0.5, 0.6) is 0 Å². The maximum atomic E-state index is 12.7. The van der Waals surface area contributed by atoms with E-state index in [0.717, 1.165) is 30.2 Å². The number of hydrogen-bond acceptors (Lipinski definition) is 11. The zero-order valence-electron chi connectivity index (χ0n) is 18.7. The molecule has 0 aromatic carbocycles. The van der Waals surface area contributed by atoms with Crippen LogP contribution in [0.15, 0.2) is 17.4 Å². The highest BCUT2D eigenvalue weighted by Crippen LogP contribution is 2.34. The lowest BCUT2D eigenvalue weighted by molar-refractivity contribution is -0.113. The Morgan fingerprint density at radius 2 is 1.85 bits per heavy atom. The largest absolute Gasteiger partial charge is 0.462 e. The van der Waals surface area contributed by atoms with E-state index in [1.807, 2.05) is 6.07 Å². The van der Waals surface area contributed by atoms with E-state index in [9.17, 15) is 14.4 Å². The van der Waals surface area contributed by atoms with E-state index in [4.69, 9.17) is 14.2 Å². The van der Waals surface area contributed by atoms with Gasteiger partial charge in [-0.15, -0.1) is 11.3 Å². The van der Waals surface area contributed by atoms with Crippen molar-refractivity contribution < 1.29 is 28.6 Å². The van der Waals surface area contributed by atoms with Gasteiger partial charge < -0.3 is 24.4 Å². The summed E-state index contributed by atoms with van der Waals surface area (Å²) in [5, 5.41) is 3.65. The molecule has 3 rings (SSSR count). The van der Waals surface area contributed by atoms with E-state index >= 15 is 0 Å². The van der Waals surface area contributed by atoms with E-state index in [1.54, 1.807) is 20.8 Å². The second kappa shape index (κ2) is 12.0. The molecule has 0 spiro atoms. The number of amides is 1. The van der Waals surface area contributed by atoms with Gasteiger partial charge in [0, 0.05) is 19.2 Å². The summed E-state index contributed by atoms with van der Waals surface area (Å²) in [6.07, 6.45) is 1.47. The summed E-state index contributed by atoms with van der Waals surface area (Å²) in [4.78, 5) is 48.3. The van der Waals surface area contributed by atoms with Gasteiger partial charge in [-0.25, -0.2) is 19.6 Å². The number of thioether (sulfide) groups is 1. The van der Waals surface area contributed by atoms with Gasteiger partial charge in [0.1, 0.15) is 27.0 Å². The van der Waals surface area contributed by atoms with Gasteiger partial charge >= 0.3 is 11.9 Å². The van der Waals surface area contributed by atoms with Crippen molar-refractivity contribution in [3.8, 4) is 0 Å². The summed E-state index contributed by atoms with van der Waals surface area (Å²) < 4.78 is 15.5. The number of thiophene rings is 1. The van der Waals surface area contributed by atoms with Gasteiger partial charge in [-0.3, -0.25) is 4.79 Å². The third-order valence-electron chi connectivity index (χ3n) is 4.65. The highest BCUT2D eigenvalue weighted by Gasteiger charge is 2.27. The number of carbonyl (C=O) groups excluding carboxylic acids is 3. The Bertz CT molecular complexity index is 1010. The van der Waals surface area contributed by atoms with Crippen molar-refractivity contribution in [2.45, 2.75) is 25.8 Å². The van der Waals surface area contributed by atoms with Gasteiger partial charge in [-0.1, -0.05) is 11.8 Å². The fourth-order valence-electron chi connectivity index (χ4n) is 3.12. The van der Waals surface area contributed by atoms with Crippen LogP contribution in [0.3, 0.4) is 0 Å². The number of anilines is 2. The monoisotopic (exact) mass is 494 g/mol. The molecule has 1 saturated heterocycles. The molecule has 0 radical (unpaired) electrons. The summed E-state index contributed by atoms with van der Waals surface area (Å²) in [7, 11) is 0. The molecule has 1 aliphatic heterocycles. The number of aromatic nitrogens is 2. The first-order chi connectivity index (χ1) is 15.9. The average molecular weight is 495 g/mol. The van der Waals surface area contributed by atoms with Gasteiger partial charge in [-0.05, 0) is 26.3 Å². The number of nitrogens with zero attached hydrogens (tertiary/aromatic N) is 3. The lowest BCUT2D eigenvalue weighted by atomic mass is 10.1. The molecule has 10 nitrogen and oxygen atoms in total. The molecule has 2 aromatic rings. The van der Waals surface area contributed by atoms with Crippen molar-refractivity contribution in [2.24, 2.45) is 0 Å². The molecule has 33 heavy (non-hydrogen) atoms. The first-order valence-electron chi connectivity index (χ1n) is 10.5. The van der Waals surface area contributed by atoms with Gasteiger partial charge in [0.2, 0.25) is 5.91 Å². The minimum absolute atomic E-state index is 0.0630. The number of morpholine rings is 1. The van der Waals surface area contributed by atoms with Crippen molar-refractivity contribution in [3.05, 3.63) is 28.4 Å². The summed E-state index contributed by atoms with van der Waals surface area (Å²) in [6, 6.07) is 1.83. The number of rotatable bonds is 9. The summed E-state index contributed by atoms with van der Waals surface area (Å²) in [5.74, 6) is -0.636. The number of carbonyl (C=O) groups is 3. The second-order valence-corrected chi connectivity index (χ2v) is 8.87. The molecule has 0 bridgehead atoms. The zero-order chi connectivity index (χ0) is 23.8. The van der Waals surface area contributed by atoms with E-state index in [1.165, 1.54) is 18.1 Å². The Hall–Kier alpha value is -2.70. The SMILES string of the molecule is CCOC(=O)c1sc(NC(=O)CSc2cc(N3CCOCC3)ncn2)c(C(=O)OCC)c1C. The molecule has 1 fully saturated rings. The van der Waals surface area contributed by atoms with Crippen LogP contribution in [-0.2, 0) is 19.0 Å². The Morgan fingerprint density at radius 3 is 2.55 bits per heavy atom. The van der Waals surface area contributed by atoms with Crippen LogP contribution in [0, 0.1) is 6.92 Å². The van der Waals surface area contributed by atoms with Crippen LogP contribution >= 0.6 is 23.1 Å². The van der Waals surface area contributed by atoms with E-state index < -0.39 is 11.9 Å². The maximum absolute atomic E-state index is 12.7. The Labute approximate surface area is 200 Å². The van der Waals surface area contributed by atoms with Gasteiger partial charge in [-0.2, -0.15) is 0 Å². The molecule has 3 heterocycles. The van der Waals surface area contributed by atoms with Crippen molar-refractivity contribution in [1.29, 1.82) is 0 Å². The molecule has 178 valence electrons. The topological polar surface area (TPSA) is 120 Å².